The molecule has 2 N–H and O–H groups in total. The third kappa shape index (κ3) is 2.57. The number of aromatic nitrogens is 1. The van der Waals surface area contributed by atoms with E-state index in [1.165, 1.54) is 6.20 Å². The monoisotopic (exact) mass is 262 g/mol. The van der Waals surface area contributed by atoms with Crippen LogP contribution in [0.4, 0.5) is 0 Å². The Balaban J connectivity index is 2.46. The van der Waals surface area contributed by atoms with Crippen LogP contribution in [0.15, 0.2) is 24.0 Å². The van der Waals surface area contributed by atoms with E-state index < -0.39 is 5.97 Å². The van der Waals surface area contributed by atoms with Gasteiger partial charge in [0.05, 0.1) is 17.0 Å². The summed E-state index contributed by atoms with van der Waals surface area (Å²) in [5.41, 5.74) is 1.33. The van der Waals surface area contributed by atoms with Crippen LogP contribution in [0.25, 0.3) is 0 Å². The molecule has 1 heterocycles. The fraction of sp³-hybridized carbons (Fsp3) is 0.308. The molecule has 19 heavy (non-hydrogen) atoms. The van der Waals surface area contributed by atoms with Gasteiger partial charge in [-0.15, -0.1) is 0 Å². The van der Waals surface area contributed by atoms with Gasteiger partial charge in [0.2, 0.25) is 0 Å². The average Bonchev–Trinajstić information content (AvgIpc) is 2.39. The molecule has 100 valence electrons. The Labute approximate surface area is 110 Å². The number of nitrogens with zero attached hydrogens (tertiary/aromatic N) is 2. The minimum Gasteiger partial charge on any atom is -0.506 e. The number of carboxylic acids is 1. The molecule has 0 amide bonds. The van der Waals surface area contributed by atoms with Crippen LogP contribution < -0.4 is 0 Å². The van der Waals surface area contributed by atoms with Crippen LogP contribution in [0, 0.1) is 0 Å². The van der Waals surface area contributed by atoms with Crippen molar-refractivity contribution >= 4 is 11.7 Å². The Kier molecular flexibility index (Phi) is 3.79. The van der Waals surface area contributed by atoms with Gasteiger partial charge in [-0.1, -0.05) is 17.8 Å². The van der Waals surface area contributed by atoms with E-state index in [0.717, 1.165) is 6.42 Å². The Morgan fingerprint density at radius 3 is 3.05 bits per heavy atom. The van der Waals surface area contributed by atoms with E-state index in [1.807, 2.05) is 0 Å². The molecule has 1 aliphatic carbocycles. The lowest BCUT2D eigenvalue weighted by atomic mass is 9.92. The molecule has 0 radical (unpaired) electrons. The third-order valence-electron chi connectivity index (χ3n) is 2.84. The SMILES string of the molecule is C=CCO/N=C1/CCCc2ncc(C(=O)O)c(O)c21. The molecular weight excluding hydrogens is 248 g/mol. The molecule has 0 fully saturated rings. The molecule has 0 unspecified atom stereocenters. The maximum absolute atomic E-state index is 11.0. The number of pyridine rings is 1. The molecule has 0 spiro atoms. The molecule has 2 rings (SSSR count). The zero-order valence-corrected chi connectivity index (χ0v) is 10.3. The Hall–Kier alpha value is -2.37. The second-order valence-corrected chi connectivity index (χ2v) is 4.12. The van der Waals surface area contributed by atoms with Gasteiger partial charge in [0.1, 0.15) is 17.9 Å². The van der Waals surface area contributed by atoms with Crippen molar-refractivity contribution < 1.29 is 19.8 Å². The van der Waals surface area contributed by atoms with Crippen molar-refractivity contribution in [1.82, 2.24) is 4.98 Å². The number of aromatic carboxylic acids is 1. The van der Waals surface area contributed by atoms with Gasteiger partial charge in [-0.2, -0.15) is 0 Å². The highest BCUT2D eigenvalue weighted by Crippen LogP contribution is 2.30. The predicted molar refractivity (Wildman–Crippen MR) is 68.5 cm³/mol. The summed E-state index contributed by atoms with van der Waals surface area (Å²) < 4.78 is 0. The molecule has 1 aromatic heterocycles. The smallest absolute Gasteiger partial charge is 0.341 e. The maximum atomic E-state index is 11.0. The number of rotatable bonds is 4. The fourth-order valence-corrected chi connectivity index (χ4v) is 2.00. The van der Waals surface area contributed by atoms with Crippen molar-refractivity contribution in [1.29, 1.82) is 0 Å². The Bertz CT molecular complexity index is 552. The second kappa shape index (κ2) is 5.51. The van der Waals surface area contributed by atoms with Crippen molar-refractivity contribution in [2.24, 2.45) is 5.16 Å². The van der Waals surface area contributed by atoms with Crippen molar-refractivity contribution in [2.45, 2.75) is 19.3 Å². The van der Waals surface area contributed by atoms with Crippen LogP contribution in [0.5, 0.6) is 5.75 Å². The zero-order valence-electron chi connectivity index (χ0n) is 10.3. The predicted octanol–water partition coefficient (Wildman–Crippen LogP) is 1.73. The summed E-state index contributed by atoms with van der Waals surface area (Å²) in [5.74, 6) is -1.51. The van der Waals surface area contributed by atoms with Gasteiger partial charge in [0.25, 0.3) is 0 Å². The number of aryl methyl sites for hydroxylation is 1. The molecule has 6 heteroatoms. The topological polar surface area (TPSA) is 92.0 Å². The van der Waals surface area contributed by atoms with Crippen LogP contribution in [-0.2, 0) is 11.3 Å². The molecular formula is C13H14N2O4. The number of hydrogen-bond acceptors (Lipinski definition) is 5. The lowest BCUT2D eigenvalue weighted by molar-refractivity contribution is 0.0693. The number of carbonyl (C=O) groups is 1. The van der Waals surface area contributed by atoms with Crippen LogP contribution in [0.2, 0.25) is 0 Å². The minimum atomic E-state index is -1.22. The standard InChI is InChI=1S/C13H14N2O4/c1-2-6-19-15-10-5-3-4-9-11(10)12(16)8(7-14-9)13(17)18/h2,7H,1,3-6H2,(H,14,16)(H,17,18)/b15-10-. The largest absolute Gasteiger partial charge is 0.506 e. The van der Waals surface area contributed by atoms with Crippen LogP contribution in [0.3, 0.4) is 0 Å². The van der Waals surface area contributed by atoms with E-state index in [2.05, 4.69) is 16.7 Å². The first kappa shape index (κ1) is 13.1. The van der Waals surface area contributed by atoms with Gasteiger partial charge in [-0.3, -0.25) is 4.98 Å². The average molecular weight is 262 g/mol. The molecule has 6 nitrogen and oxygen atoms in total. The second-order valence-electron chi connectivity index (χ2n) is 4.12. The van der Waals surface area contributed by atoms with Crippen molar-refractivity contribution in [2.75, 3.05) is 6.61 Å². The quantitative estimate of drug-likeness (QED) is 0.489. The van der Waals surface area contributed by atoms with Crippen molar-refractivity contribution in [3.05, 3.63) is 35.7 Å². The lowest BCUT2D eigenvalue weighted by Crippen LogP contribution is -2.16. The summed E-state index contributed by atoms with van der Waals surface area (Å²) in [7, 11) is 0. The van der Waals surface area contributed by atoms with Crippen molar-refractivity contribution in [3.8, 4) is 5.75 Å². The van der Waals surface area contributed by atoms with E-state index in [0.29, 0.717) is 29.8 Å². The van der Waals surface area contributed by atoms with Crippen molar-refractivity contribution in [3.63, 3.8) is 0 Å². The number of fused-ring (bicyclic) bond motifs is 1. The first-order valence-corrected chi connectivity index (χ1v) is 5.89. The molecule has 0 saturated heterocycles. The summed E-state index contributed by atoms with van der Waals surface area (Å²) in [5, 5.41) is 23.0. The van der Waals surface area contributed by atoms with E-state index in [9.17, 15) is 9.90 Å². The van der Waals surface area contributed by atoms with E-state index in [-0.39, 0.29) is 17.9 Å². The molecule has 1 aliphatic rings. The minimum absolute atomic E-state index is 0.225. The lowest BCUT2D eigenvalue weighted by Gasteiger charge is -2.18. The van der Waals surface area contributed by atoms with E-state index >= 15 is 0 Å². The van der Waals surface area contributed by atoms with Gasteiger partial charge in [0, 0.05) is 6.20 Å². The number of oxime groups is 1. The summed E-state index contributed by atoms with van der Waals surface area (Å²) in [6.45, 7) is 3.76. The van der Waals surface area contributed by atoms with Crippen LogP contribution in [-0.4, -0.2) is 33.5 Å². The fourth-order valence-electron chi connectivity index (χ4n) is 2.00. The van der Waals surface area contributed by atoms with E-state index in [1.54, 1.807) is 6.08 Å². The highest BCUT2D eigenvalue weighted by molar-refractivity contribution is 6.06. The first-order valence-electron chi connectivity index (χ1n) is 5.89. The highest BCUT2D eigenvalue weighted by atomic mass is 16.6. The van der Waals surface area contributed by atoms with Gasteiger partial charge >= 0.3 is 5.97 Å². The number of aromatic hydroxyl groups is 1. The van der Waals surface area contributed by atoms with Crippen LogP contribution in [0.1, 0.15) is 34.5 Å². The molecule has 0 atom stereocenters. The zero-order chi connectivity index (χ0) is 13.8. The van der Waals surface area contributed by atoms with E-state index in [4.69, 9.17) is 9.94 Å². The number of hydrogen-bond donors (Lipinski definition) is 2. The first-order chi connectivity index (χ1) is 9.15. The van der Waals surface area contributed by atoms with Gasteiger partial charge < -0.3 is 15.1 Å². The highest BCUT2D eigenvalue weighted by Gasteiger charge is 2.25. The number of carboxylic acid groups (broad SMARTS) is 1. The Morgan fingerprint density at radius 1 is 1.58 bits per heavy atom. The normalized spacial score (nSPS) is 15.9. The third-order valence-corrected chi connectivity index (χ3v) is 2.84. The molecule has 0 saturated carbocycles. The summed E-state index contributed by atoms with van der Waals surface area (Å²) >= 11 is 0. The maximum Gasteiger partial charge on any atom is 0.341 e. The molecule has 1 aromatic rings. The molecule has 0 bridgehead atoms. The van der Waals surface area contributed by atoms with Gasteiger partial charge in [0.15, 0.2) is 0 Å². The van der Waals surface area contributed by atoms with Gasteiger partial charge in [-0.25, -0.2) is 4.79 Å². The van der Waals surface area contributed by atoms with Crippen LogP contribution >= 0.6 is 0 Å². The summed E-state index contributed by atoms with van der Waals surface area (Å²) in [4.78, 5) is 20.1. The molecule has 0 aromatic carbocycles. The molecule has 0 aliphatic heterocycles. The Morgan fingerprint density at radius 2 is 2.37 bits per heavy atom. The summed E-state index contributed by atoms with van der Waals surface area (Å²) in [6.07, 6.45) is 4.86. The van der Waals surface area contributed by atoms with Gasteiger partial charge in [-0.05, 0) is 19.3 Å². The summed E-state index contributed by atoms with van der Waals surface area (Å²) in [6, 6.07) is 0.